The van der Waals surface area contributed by atoms with E-state index in [0.29, 0.717) is 0 Å². The number of Topliss-reactive ketones (excluding diaryl/α,β-unsaturated/α-hetero) is 1. The highest BCUT2D eigenvalue weighted by Crippen LogP contribution is 2.16. The first-order chi connectivity index (χ1) is 7.93. The summed E-state index contributed by atoms with van der Waals surface area (Å²) >= 11 is 0. The van der Waals surface area contributed by atoms with Gasteiger partial charge in [-0.2, -0.15) is 0 Å². The molecule has 4 heteroatoms. The summed E-state index contributed by atoms with van der Waals surface area (Å²) in [5.41, 5.74) is 0.180. The summed E-state index contributed by atoms with van der Waals surface area (Å²) in [5, 5.41) is 12.1. The number of phenolic OH excluding ortho intramolecular Hbond substituents is 1. The Labute approximate surface area is 101 Å². The van der Waals surface area contributed by atoms with Crippen molar-refractivity contribution in [2.45, 2.75) is 26.8 Å². The van der Waals surface area contributed by atoms with Crippen LogP contribution >= 0.6 is 0 Å². The van der Waals surface area contributed by atoms with Gasteiger partial charge in [-0.3, -0.25) is 9.59 Å². The van der Waals surface area contributed by atoms with Gasteiger partial charge in [-0.15, -0.1) is 0 Å². The molecule has 0 saturated carbocycles. The number of carbonyl (C=O) groups excluding carboxylic acids is 2. The van der Waals surface area contributed by atoms with Gasteiger partial charge in [0.15, 0.2) is 5.78 Å². The van der Waals surface area contributed by atoms with Crippen molar-refractivity contribution in [2.24, 2.45) is 5.92 Å². The molecule has 1 aromatic carbocycles. The van der Waals surface area contributed by atoms with E-state index in [0.717, 1.165) is 0 Å². The summed E-state index contributed by atoms with van der Waals surface area (Å²) < 4.78 is 0. The molecule has 1 amide bonds. The number of ketones is 1. The second-order valence-electron chi connectivity index (χ2n) is 4.32. The van der Waals surface area contributed by atoms with Crippen LogP contribution in [0.15, 0.2) is 24.3 Å². The molecular weight excluding hydrogens is 218 g/mol. The Kier molecular flexibility index (Phi) is 4.26. The molecule has 2 N–H and O–H groups in total. The fraction of sp³-hybridized carbons (Fsp3) is 0.385. The molecule has 92 valence electrons. The van der Waals surface area contributed by atoms with Crippen LogP contribution in [0.4, 0.5) is 0 Å². The van der Waals surface area contributed by atoms with Crippen molar-refractivity contribution in [3.05, 3.63) is 29.8 Å². The molecule has 1 atom stereocenters. The molecule has 0 saturated heterocycles. The van der Waals surface area contributed by atoms with E-state index in [1.54, 1.807) is 12.1 Å². The van der Waals surface area contributed by atoms with E-state index < -0.39 is 11.9 Å². The topological polar surface area (TPSA) is 66.4 Å². The number of rotatable bonds is 4. The minimum Gasteiger partial charge on any atom is -0.507 e. The first kappa shape index (κ1) is 13.2. The molecular formula is C13H17NO3. The molecule has 0 radical (unpaired) electrons. The number of phenols is 1. The number of nitrogens with one attached hydrogen (secondary N) is 1. The van der Waals surface area contributed by atoms with E-state index in [2.05, 4.69) is 5.32 Å². The van der Waals surface area contributed by atoms with Crippen LogP contribution < -0.4 is 5.32 Å². The molecule has 0 heterocycles. The van der Waals surface area contributed by atoms with Crippen molar-refractivity contribution in [2.75, 3.05) is 0 Å². The number of para-hydroxylation sites is 1. The molecule has 0 unspecified atom stereocenters. The van der Waals surface area contributed by atoms with Crippen molar-refractivity contribution in [1.29, 1.82) is 0 Å². The van der Waals surface area contributed by atoms with Crippen LogP contribution in [0.2, 0.25) is 0 Å². The van der Waals surface area contributed by atoms with Crippen LogP contribution in [-0.2, 0) is 4.79 Å². The van der Waals surface area contributed by atoms with E-state index in [1.807, 2.05) is 13.8 Å². The van der Waals surface area contributed by atoms with Crippen molar-refractivity contribution < 1.29 is 14.7 Å². The standard InChI is InChI=1S/C13H17NO3/c1-8(2)12(9(3)15)14-13(17)10-6-4-5-7-11(10)16/h4-8,12,16H,1-3H3,(H,14,17)/t12-/m0/s1. The Morgan fingerprint density at radius 3 is 2.29 bits per heavy atom. The lowest BCUT2D eigenvalue weighted by molar-refractivity contribution is -0.119. The zero-order valence-corrected chi connectivity index (χ0v) is 10.2. The van der Waals surface area contributed by atoms with Gasteiger partial charge in [0.05, 0.1) is 11.6 Å². The maximum Gasteiger partial charge on any atom is 0.255 e. The van der Waals surface area contributed by atoms with E-state index in [9.17, 15) is 14.7 Å². The summed E-state index contributed by atoms with van der Waals surface area (Å²) in [6, 6.07) is 5.72. The summed E-state index contributed by atoms with van der Waals surface area (Å²) in [6.45, 7) is 5.16. The number of amides is 1. The average Bonchev–Trinajstić information content (AvgIpc) is 2.25. The van der Waals surface area contributed by atoms with E-state index in [-0.39, 0.29) is 23.0 Å². The van der Waals surface area contributed by atoms with Crippen LogP contribution in [-0.4, -0.2) is 22.8 Å². The Hall–Kier alpha value is -1.84. The second-order valence-corrected chi connectivity index (χ2v) is 4.32. The van der Waals surface area contributed by atoms with Crippen LogP contribution in [0.25, 0.3) is 0 Å². The third kappa shape index (κ3) is 3.31. The van der Waals surface area contributed by atoms with Crippen LogP contribution in [0.3, 0.4) is 0 Å². The third-order valence-electron chi connectivity index (χ3n) is 2.54. The number of benzene rings is 1. The average molecular weight is 235 g/mol. The van der Waals surface area contributed by atoms with Crippen LogP contribution in [0.5, 0.6) is 5.75 Å². The highest BCUT2D eigenvalue weighted by molar-refractivity contribution is 5.99. The SMILES string of the molecule is CC(=O)[C@@H](NC(=O)c1ccccc1O)C(C)C. The predicted octanol–water partition coefficient (Wildman–Crippen LogP) is 1.74. The van der Waals surface area contributed by atoms with Gasteiger partial charge in [0, 0.05) is 0 Å². The van der Waals surface area contributed by atoms with E-state index in [4.69, 9.17) is 0 Å². The summed E-state index contributed by atoms with van der Waals surface area (Å²) in [7, 11) is 0. The second kappa shape index (κ2) is 5.48. The quantitative estimate of drug-likeness (QED) is 0.835. The van der Waals surface area contributed by atoms with Crippen molar-refractivity contribution in [3.63, 3.8) is 0 Å². The minimum atomic E-state index is -0.526. The monoisotopic (exact) mass is 235 g/mol. The van der Waals surface area contributed by atoms with E-state index in [1.165, 1.54) is 19.1 Å². The smallest absolute Gasteiger partial charge is 0.255 e. The first-order valence-electron chi connectivity index (χ1n) is 5.52. The maximum absolute atomic E-state index is 11.9. The zero-order chi connectivity index (χ0) is 13.0. The number of hydrogen-bond acceptors (Lipinski definition) is 3. The van der Waals surface area contributed by atoms with Crippen molar-refractivity contribution in [3.8, 4) is 5.75 Å². The van der Waals surface area contributed by atoms with Crippen LogP contribution in [0.1, 0.15) is 31.1 Å². The molecule has 0 bridgehead atoms. The fourth-order valence-electron chi connectivity index (χ4n) is 1.62. The Morgan fingerprint density at radius 2 is 1.82 bits per heavy atom. The zero-order valence-electron chi connectivity index (χ0n) is 10.2. The number of carbonyl (C=O) groups is 2. The van der Waals surface area contributed by atoms with E-state index >= 15 is 0 Å². The van der Waals surface area contributed by atoms with Gasteiger partial charge in [0.25, 0.3) is 5.91 Å². The molecule has 1 aromatic rings. The van der Waals surface area contributed by atoms with Gasteiger partial charge in [-0.1, -0.05) is 26.0 Å². The lowest BCUT2D eigenvalue weighted by Gasteiger charge is -2.19. The Morgan fingerprint density at radius 1 is 1.24 bits per heavy atom. The van der Waals surface area contributed by atoms with Gasteiger partial charge in [-0.05, 0) is 25.0 Å². The van der Waals surface area contributed by atoms with Crippen LogP contribution in [0, 0.1) is 5.92 Å². The number of hydrogen-bond donors (Lipinski definition) is 2. The summed E-state index contributed by atoms with van der Waals surface area (Å²) in [6.07, 6.45) is 0. The maximum atomic E-state index is 11.9. The lowest BCUT2D eigenvalue weighted by atomic mass is 10.00. The highest BCUT2D eigenvalue weighted by atomic mass is 16.3. The van der Waals surface area contributed by atoms with Gasteiger partial charge in [0.2, 0.25) is 0 Å². The molecule has 0 aromatic heterocycles. The summed E-state index contributed by atoms with van der Waals surface area (Å²) in [4.78, 5) is 23.2. The molecule has 17 heavy (non-hydrogen) atoms. The fourth-order valence-corrected chi connectivity index (χ4v) is 1.62. The minimum absolute atomic E-state index is 0.0160. The van der Waals surface area contributed by atoms with Gasteiger partial charge >= 0.3 is 0 Å². The molecule has 0 spiro atoms. The van der Waals surface area contributed by atoms with Gasteiger partial charge in [-0.25, -0.2) is 0 Å². The third-order valence-corrected chi connectivity index (χ3v) is 2.54. The predicted molar refractivity (Wildman–Crippen MR) is 64.9 cm³/mol. The van der Waals surface area contributed by atoms with Gasteiger partial charge in [0.1, 0.15) is 5.75 Å². The number of aromatic hydroxyl groups is 1. The Bertz CT molecular complexity index is 426. The highest BCUT2D eigenvalue weighted by Gasteiger charge is 2.22. The molecule has 0 aliphatic heterocycles. The summed E-state index contributed by atoms with van der Waals surface area (Å²) in [5.74, 6) is -0.598. The molecule has 0 fully saturated rings. The largest absolute Gasteiger partial charge is 0.507 e. The Balaban J connectivity index is 2.85. The van der Waals surface area contributed by atoms with Crippen molar-refractivity contribution >= 4 is 11.7 Å². The molecule has 1 rings (SSSR count). The first-order valence-corrected chi connectivity index (χ1v) is 5.52. The molecule has 0 aliphatic carbocycles. The molecule has 0 aliphatic rings. The van der Waals surface area contributed by atoms with Gasteiger partial charge < -0.3 is 10.4 Å². The normalized spacial score (nSPS) is 12.2. The lowest BCUT2D eigenvalue weighted by Crippen LogP contribution is -2.43. The van der Waals surface area contributed by atoms with Crippen molar-refractivity contribution in [1.82, 2.24) is 5.32 Å². The molecule has 4 nitrogen and oxygen atoms in total.